The molecule has 0 unspecified atom stereocenters. The predicted octanol–water partition coefficient (Wildman–Crippen LogP) is 6.28. The Hall–Kier alpha value is -4.69. The first-order valence-electron chi connectivity index (χ1n) is 20.4. The summed E-state index contributed by atoms with van der Waals surface area (Å²) in [5.74, 6) is 0.165. The Bertz CT molecular complexity index is 1900. The number of carbonyl (C=O) groups is 2. The number of piperidine rings is 2. The van der Waals surface area contributed by atoms with E-state index in [9.17, 15) is 22.8 Å². The molecule has 4 saturated heterocycles. The summed E-state index contributed by atoms with van der Waals surface area (Å²) in [6.45, 7) is 9.27. The summed E-state index contributed by atoms with van der Waals surface area (Å²) in [6.07, 6.45) is 5.98. The Morgan fingerprint density at radius 1 is 0.603 bits per heavy atom. The Kier molecular flexibility index (Phi) is 13.5. The minimum absolute atomic E-state index is 0.0421. The Morgan fingerprint density at radius 3 is 1.50 bits per heavy atom. The normalized spacial score (nSPS) is 19.7. The Morgan fingerprint density at radius 2 is 1.09 bits per heavy atom. The monoisotopic (exact) mass is 798 g/mol. The van der Waals surface area contributed by atoms with Crippen molar-refractivity contribution in [3.63, 3.8) is 0 Å². The standard InChI is InChI=1S/C23H26F3N3O2.C22H27N3O2/c24-23(25,26)20-7-6-18(16-27-20)8-11-28-12-9-22(10-13-28)17-29(14-15-31-22)21(30)19-4-2-1-3-5-19;26-21(20-6-2-1-3-7-20)25-15-16-27-22(18-25)9-13-24(14-10-22)12-8-19-5-4-11-23-17-19/h1-7,16H,8-15,17H2;1-7,11,17H,8-10,12-16,18H2. The number of halogens is 3. The van der Waals surface area contributed by atoms with Crippen LogP contribution >= 0.6 is 0 Å². The highest BCUT2D eigenvalue weighted by Gasteiger charge is 2.42. The fourth-order valence-electron chi connectivity index (χ4n) is 8.40. The number of hydrogen-bond donors (Lipinski definition) is 0. The molecule has 8 rings (SSSR count). The van der Waals surface area contributed by atoms with Gasteiger partial charge in [0, 0.05) is 82.1 Å². The van der Waals surface area contributed by atoms with Gasteiger partial charge in [0.2, 0.25) is 0 Å². The van der Waals surface area contributed by atoms with Crippen LogP contribution in [0.5, 0.6) is 0 Å². The molecule has 0 N–H and O–H groups in total. The van der Waals surface area contributed by atoms with Gasteiger partial charge in [-0.1, -0.05) is 48.5 Å². The van der Waals surface area contributed by atoms with E-state index in [-0.39, 0.29) is 23.0 Å². The van der Waals surface area contributed by atoms with E-state index in [1.165, 1.54) is 17.8 Å². The molecule has 308 valence electrons. The highest BCUT2D eigenvalue weighted by atomic mass is 19.4. The van der Waals surface area contributed by atoms with Gasteiger partial charge in [-0.25, -0.2) is 0 Å². The van der Waals surface area contributed by atoms with E-state index < -0.39 is 11.9 Å². The van der Waals surface area contributed by atoms with Crippen LogP contribution < -0.4 is 0 Å². The summed E-state index contributed by atoms with van der Waals surface area (Å²) in [5, 5.41) is 0. The number of pyridine rings is 2. The van der Waals surface area contributed by atoms with E-state index in [1.54, 1.807) is 0 Å². The molecule has 2 aromatic heterocycles. The lowest BCUT2D eigenvalue weighted by Crippen LogP contribution is -2.58. The molecule has 58 heavy (non-hydrogen) atoms. The van der Waals surface area contributed by atoms with E-state index in [2.05, 4.69) is 25.8 Å². The van der Waals surface area contributed by atoms with E-state index in [1.807, 2.05) is 88.9 Å². The zero-order chi connectivity index (χ0) is 40.4. The first-order chi connectivity index (χ1) is 28.1. The summed E-state index contributed by atoms with van der Waals surface area (Å²) < 4.78 is 50.3. The summed E-state index contributed by atoms with van der Waals surface area (Å²) in [4.78, 5) is 42.0. The van der Waals surface area contributed by atoms with Crippen LogP contribution in [-0.4, -0.2) is 131 Å². The highest BCUT2D eigenvalue weighted by molar-refractivity contribution is 5.94. The molecular weight excluding hydrogens is 746 g/mol. The van der Waals surface area contributed by atoms with Crippen LogP contribution in [0.4, 0.5) is 13.2 Å². The largest absolute Gasteiger partial charge is 0.433 e. The molecule has 4 aromatic rings. The van der Waals surface area contributed by atoms with Gasteiger partial charge in [-0.15, -0.1) is 0 Å². The fraction of sp³-hybridized carbons (Fsp3) is 0.467. The van der Waals surface area contributed by atoms with Crippen molar-refractivity contribution < 1.29 is 32.2 Å². The van der Waals surface area contributed by atoms with E-state index in [0.717, 1.165) is 88.6 Å². The van der Waals surface area contributed by atoms with Crippen molar-refractivity contribution in [1.82, 2.24) is 29.6 Å². The maximum Gasteiger partial charge on any atom is 0.433 e. The molecule has 6 heterocycles. The molecule has 10 nitrogen and oxygen atoms in total. The molecule has 0 aliphatic carbocycles. The smallest absolute Gasteiger partial charge is 0.371 e. The number of morpholine rings is 2. The van der Waals surface area contributed by atoms with Gasteiger partial charge in [0.15, 0.2) is 0 Å². The van der Waals surface area contributed by atoms with Gasteiger partial charge in [-0.05, 0) is 86.1 Å². The topological polar surface area (TPSA) is 91.3 Å². The minimum atomic E-state index is -4.41. The van der Waals surface area contributed by atoms with Crippen LogP contribution in [-0.2, 0) is 28.5 Å². The Labute approximate surface area is 339 Å². The van der Waals surface area contributed by atoms with Crippen molar-refractivity contribution >= 4 is 11.8 Å². The van der Waals surface area contributed by atoms with Crippen molar-refractivity contribution in [3.8, 4) is 0 Å². The average molecular weight is 799 g/mol. The molecule has 0 radical (unpaired) electrons. The third-order valence-electron chi connectivity index (χ3n) is 11.9. The second-order valence-corrected chi connectivity index (χ2v) is 15.8. The summed E-state index contributed by atoms with van der Waals surface area (Å²) in [6, 6.07) is 25.5. The molecule has 13 heteroatoms. The lowest BCUT2D eigenvalue weighted by molar-refractivity contribution is -0.141. The lowest BCUT2D eigenvalue weighted by Gasteiger charge is -2.47. The molecule has 4 aliphatic heterocycles. The summed E-state index contributed by atoms with van der Waals surface area (Å²) in [7, 11) is 0. The number of rotatable bonds is 8. The van der Waals surface area contributed by atoms with Gasteiger partial charge >= 0.3 is 6.18 Å². The van der Waals surface area contributed by atoms with Crippen LogP contribution in [0.1, 0.15) is 63.2 Å². The number of ether oxygens (including phenoxy) is 2. The molecule has 0 bridgehead atoms. The van der Waals surface area contributed by atoms with Crippen LogP contribution in [0.3, 0.4) is 0 Å². The third kappa shape index (κ3) is 10.9. The number of hydrogen-bond acceptors (Lipinski definition) is 8. The number of nitrogens with zero attached hydrogens (tertiary/aromatic N) is 6. The first-order valence-corrected chi connectivity index (χ1v) is 20.4. The van der Waals surface area contributed by atoms with Crippen LogP contribution in [0.25, 0.3) is 0 Å². The van der Waals surface area contributed by atoms with Crippen molar-refractivity contribution in [2.75, 3.05) is 78.7 Å². The molecule has 2 aromatic carbocycles. The van der Waals surface area contributed by atoms with Crippen molar-refractivity contribution in [2.45, 2.75) is 55.9 Å². The van der Waals surface area contributed by atoms with E-state index >= 15 is 0 Å². The Balaban J connectivity index is 0.000000178. The van der Waals surface area contributed by atoms with Gasteiger partial charge in [0.1, 0.15) is 5.69 Å². The predicted molar refractivity (Wildman–Crippen MR) is 214 cm³/mol. The quantitative estimate of drug-likeness (QED) is 0.206. The minimum Gasteiger partial charge on any atom is -0.371 e. The molecule has 0 atom stereocenters. The molecule has 4 fully saturated rings. The maximum atomic E-state index is 12.8. The summed E-state index contributed by atoms with van der Waals surface area (Å²) >= 11 is 0. The van der Waals surface area contributed by atoms with E-state index in [0.29, 0.717) is 51.4 Å². The van der Waals surface area contributed by atoms with Gasteiger partial charge in [-0.2, -0.15) is 13.2 Å². The molecule has 2 spiro atoms. The van der Waals surface area contributed by atoms with Crippen LogP contribution in [0.15, 0.2) is 104 Å². The van der Waals surface area contributed by atoms with Crippen LogP contribution in [0.2, 0.25) is 0 Å². The van der Waals surface area contributed by atoms with Crippen LogP contribution in [0, 0.1) is 0 Å². The molecule has 4 aliphatic rings. The van der Waals surface area contributed by atoms with Crippen molar-refractivity contribution in [2.24, 2.45) is 0 Å². The van der Waals surface area contributed by atoms with Gasteiger partial charge < -0.3 is 29.1 Å². The van der Waals surface area contributed by atoms with Gasteiger partial charge in [0.25, 0.3) is 11.8 Å². The SMILES string of the molecule is O=C(c1ccccc1)N1CCOC2(CCN(CCc3ccc(C(F)(F)F)nc3)CC2)C1.O=C(c1ccccc1)N1CCOC2(CCN(CCc3cccnc3)CC2)C1. The summed E-state index contributed by atoms with van der Waals surface area (Å²) in [5.41, 5.74) is 2.20. The number of amides is 2. The highest BCUT2D eigenvalue weighted by Crippen LogP contribution is 2.33. The van der Waals surface area contributed by atoms with E-state index in [4.69, 9.17) is 9.47 Å². The zero-order valence-electron chi connectivity index (χ0n) is 33.0. The van der Waals surface area contributed by atoms with Gasteiger partial charge in [0.05, 0.1) is 37.5 Å². The molecule has 2 amide bonds. The van der Waals surface area contributed by atoms with Crippen molar-refractivity contribution in [3.05, 3.63) is 131 Å². The molecular formula is C45H53F3N6O4. The number of likely N-dealkylation sites (tertiary alicyclic amines) is 2. The molecule has 0 saturated carbocycles. The number of alkyl halides is 3. The number of carbonyl (C=O) groups excluding carboxylic acids is 2. The fourth-order valence-corrected chi connectivity index (χ4v) is 8.40. The zero-order valence-corrected chi connectivity index (χ0v) is 33.0. The van der Waals surface area contributed by atoms with Gasteiger partial charge in [-0.3, -0.25) is 19.6 Å². The second kappa shape index (κ2) is 18.9. The third-order valence-corrected chi connectivity index (χ3v) is 11.9. The first kappa shape index (κ1) is 41.5. The second-order valence-electron chi connectivity index (χ2n) is 15.8. The lowest BCUT2D eigenvalue weighted by atomic mass is 9.89. The average Bonchev–Trinajstić information content (AvgIpc) is 3.27. The number of aromatic nitrogens is 2. The number of benzene rings is 2. The maximum absolute atomic E-state index is 12.8. The van der Waals surface area contributed by atoms with Crippen molar-refractivity contribution in [1.29, 1.82) is 0 Å².